The number of anilines is 2. The van der Waals surface area contributed by atoms with Crippen molar-refractivity contribution < 1.29 is 4.74 Å². The molecule has 0 spiro atoms. The van der Waals surface area contributed by atoms with Crippen LogP contribution in [0.5, 0.6) is 0 Å². The molecule has 0 radical (unpaired) electrons. The normalized spacial score (nSPS) is 14.6. The van der Waals surface area contributed by atoms with E-state index in [4.69, 9.17) is 9.72 Å². The zero-order valence-electron chi connectivity index (χ0n) is 16.4. The second-order valence-corrected chi connectivity index (χ2v) is 7.10. The predicted octanol–water partition coefficient (Wildman–Crippen LogP) is 2.88. The first-order valence-electron chi connectivity index (χ1n) is 9.06. The highest BCUT2D eigenvalue weighted by molar-refractivity contribution is 5.63. The van der Waals surface area contributed by atoms with E-state index in [9.17, 15) is 4.79 Å². The molecule has 0 unspecified atom stereocenters. The minimum Gasteiger partial charge on any atom is -0.385 e. The summed E-state index contributed by atoms with van der Waals surface area (Å²) in [6.07, 6.45) is 0.930. The summed E-state index contributed by atoms with van der Waals surface area (Å²) in [5.41, 5.74) is 5.06. The molecule has 1 aromatic carbocycles. The quantitative estimate of drug-likeness (QED) is 0.771. The smallest absolute Gasteiger partial charge is 0.259 e. The second-order valence-electron chi connectivity index (χ2n) is 7.10. The minimum absolute atomic E-state index is 0.0405. The lowest BCUT2D eigenvalue weighted by Crippen LogP contribution is -2.48. The number of aryl methyl sites for hydroxylation is 3. The highest BCUT2D eigenvalue weighted by Gasteiger charge is 2.27. The van der Waals surface area contributed by atoms with Crippen LogP contribution in [-0.4, -0.2) is 41.4 Å². The van der Waals surface area contributed by atoms with Crippen molar-refractivity contribution in [3.8, 4) is 0 Å². The zero-order valence-corrected chi connectivity index (χ0v) is 16.4. The van der Waals surface area contributed by atoms with Gasteiger partial charge in [0.1, 0.15) is 0 Å². The zero-order chi connectivity index (χ0) is 18.8. The third kappa shape index (κ3) is 3.52. The summed E-state index contributed by atoms with van der Waals surface area (Å²) < 4.78 is 6.97. The van der Waals surface area contributed by atoms with Gasteiger partial charge in [-0.25, -0.2) is 4.98 Å². The number of rotatable bonds is 5. The summed E-state index contributed by atoms with van der Waals surface area (Å²) in [6.45, 7) is 10.8. The molecule has 2 aromatic rings. The Hall–Kier alpha value is -2.18. The maximum Gasteiger partial charge on any atom is 0.259 e. The second kappa shape index (κ2) is 7.60. The van der Waals surface area contributed by atoms with E-state index in [0.717, 1.165) is 30.3 Å². The highest BCUT2D eigenvalue weighted by atomic mass is 16.5. The van der Waals surface area contributed by atoms with Crippen molar-refractivity contribution in [2.24, 2.45) is 0 Å². The third-order valence-electron chi connectivity index (χ3n) is 5.01. The van der Waals surface area contributed by atoms with Gasteiger partial charge in [-0.15, -0.1) is 0 Å². The summed E-state index contributed by atoms with van der Waals surface area (Å²) in [6, 6.07) is 6.40. The number of fused-ring (bicyclic) bond motifs is 1. The van der Waals surface area contributed by atoms with Crippen molar-refractivity contribution in [1.82, 2.24) is 14.5 Å². The Labute approximate surface area is 155 Å². The average Bonchev–Trinajstić information content (AvgIpc) is 2.60. The third-order valence-corrected chi connectivity index (χ3v) is 5.01. The first-order valence-corrected chi connectivity index (χ1v) is 9.06. The van der Waals surface area contributed by atoms with E-state index in [1.165, 1.54) is 11.1 Å². The van der Waals surface area contributed by atoms with Crippen LogP contribution in [-0.2, 0) is 11.4 Å². The number of hydrogen-bond acceptors (Lipinski definition) is 5. The van der Waals surface area contributed by atoms with Gasteiger partial charge in [0.05, 0.1) is 13.3 Å². The van der Waals surface area contributed by atoms with Crippen LogP contribution in [0.3, 0.4) is 0 Å². The molecule has 3 rings (SSSR count). The van der Waals surface area contributed by atoms with Gasteiger partial charge in [0.15, 0.2) is 0 Å². The number of ether oxygens (including phenoxy) is 1. The van der Waals surface area contributed by atoms with Gasteiger partial charge >= 0.3 is 0 Å². The SMILES string of the molecule is COCCCN1CN(c2ccc(C)cc2C)c2nc(C)c(C)c(=O)n2C1. The van der Waals surface area contributed by atoms with E-state index in [0.29, 0.717) is 25.5 Å². The highest BCUT2D eigenvalue weighted by Crippen LogP contribution is 2.30. The van der Waals surface area contributed by atoms with Gasteiger partial charge in [-0.2, -0.15) is 0 Å². The number of benzene rings is 1. The molecular weight excluding hydrogens is 328 g/mol. The Bertz CT molecular complexity index is 860. The Morgan fingerprint density at radius 3 is 2.62 bits per heavy atom. The van der Waals surface area contributed by atoms with Crippen LogP contribution in [0, 0.1) is 27.7 Å². The van der Waals surface area contributed by atoms with Gasteiger partial charge < -0.3 is 4.74 Å². The van der Waals surface area contributed by atoms with Crippen LogP contribution in [0.4, 0.5) is 11.6 Å². The van der Waals surface area contributed by atoms with Gasteiger partial charge in [-0.05, 0) is 45.7 Å². The Morgan fingerprint density at radius 2 is 1.92 bits per heavy atom. The van der Waals surface area contributed by atoms with Gasteiger partial charge in [0, 0.05) is 37.2 Å². The molecule has 2 heterocycles. The molecule has 0 fully saturated rings. The molecule has 1 aromatic heterocycles. The predicted molar refractivity (Wildman–Crippen MR) is 104 cm³/mol. The van der Waals surface area contributed by atoms with E-state index in [1.807, 2.05) is 13.8 Å². The number of hydrogen-bond donors (Lipinski definition) is 0. The van der Waals surface area contributed by atoms with Crippen LogP contribution in [0.1, 0.15) is 28.8 Å². The lowest BCUT2D eigenvalue weighted by molar-refractivity contribution is 0.150. The Kier molecular flexibility index (Phi) is 5.44. The molecule has 26 heavy (non-hydrogen) atoms. The molecule has 0 atom stereocenters. The standard InChI is InChI=1S/C20H28N4O2/c1-14-7-8-18(15(2)11-14)23-12-22(9-6-10-26-5)13-24-19(25)16(3)17(4)21-20(23)24/h7-8,11H,6,9-10,12-13H2,1-5H3. The van der Waals surface area contributed by atoms with Crippen LogP contribution < -0.4 is 10.5 Å². The lowest BCUT2D eigenvalue weighted by atomic mass is 10.1. The molecule has 6 nitrogen and oxygen atoms in total. The van der Waals surface area contributed by atoms with Crippen molar-refractivity contribution in [1.29, 1.82) is 0 Å². The monoisotopic (exact) mass is 356 g/mol. The maximum absolute atomic E-state index is 12.9. The van der Waals surface area contributed by atoms with Crippen LogP contribution >= 0.6 is 0 Å². The molecular formula is C20H28N4O2. The van der Waals surface area contributed by atoms with E-state index in [1.54, 1.807) is 11.7 Å². The molecule has 0 N–H and O–H groups in total. The van der Waals surface area contributed by atoms with Gasteiger partial charge in [0.25, 0.3) is 5.56 Å². The fraction of sp³-hybridized carbons (Fsp3) is 0.500. The summed E-state index contributed by atoms with van der Waals surface area (Å²) >= 11 is 0. The first kappa shape index (κ1) is 18.6. The molecule has 6 heteroatoms. The van der Waals surface area contributed by atoms with Gasteiger partial charge in [-0.3, -0.25) is 19.2 Å². The first-order chi connectivity index (χ1) is 12.4. The summed E-state index contributed by atoms with van der Waals surface area (Å²) in [4.78, 5) is 22.1. The van der Waals surface area contributed by atoms with Crippen molar-refractivity contribution in [3.05, 3.63) is 50.9 Å². The summed E-state index contributed by atoms with van der Waals surface area (Å²) in [5, 5.41) is 0. The van der Waals surface area contributed by atoms with Crippen molar-refractivity contribution in [2.75, 3.05) is 31.8 Å². The van der Waals surface area contributed by atoms with Crippen molar-refractivity contribution >= 4 is 11.6 Å². The van der Waals surface area contributed by atoms with Crippen molar-refractivity contribution in [2.45, 2.75) is 40.8 Å². The maximum atomic E-state index is 12.9. The Morgan fingerprint density at radius 1 is 1.15 bits per heavy atom. The van der Waals surface area contributed by atoms with E-state index in [2.05, 4.69) is 41.8 Å². The summed E-state index contributed by atoms with van der Waals surface area (Å²) in [7, 11) is 1.72. The fourth-order valence-corrected chi connectivity index (χ4v) is 3.45. The molecule has 140 valence electrons. The summed E-state index contributed by atoms with van der Waals surface area (Å²) in [5.74, 6) is 0.730. The van der Waals surface area contributed by atoms with Gasteiger partial charge in [0.2, 0.25) is 5.95 Å². The van der Waals surface area contributed by atoms with Crippen LogP contribution in [0.15, 0.2) is 23.0 Å². The molecule has 0 saturated carbocycles. The molecule has 0 amide bonds. The molecule has 0 aliphatic carbocycles. The van der Waals surface area contributed by atoms with E-state index >= 15 is 0 Å². The lowest BCUT2D eigenvalue weighted by Gasteiger charge is -2.39. The van der Waals surface area contributed by atoms with Crippen LogP contribution in [0.2, 0.25) is 0 Å². The molecule has 0 bridgehead atoms. The topological polar surface area (TPSA) is 50.6 Å². The average molecular weight is 356 g/mol. The minimum atomic E-state index is 0.0405. The Balaban J connectivity index is 2.06. The number of methoxy groups -OCH3 is 1. The molecule has 1 aliphatic heterocycles. The van der Waals surface area contributed by atoms with Crippen molar-refractivity contribution in [3.63, 3.8) is 0 Å². The van der Waals surface area contributed by atoms with Gasteiger partial charge in [-0.1, -0.05) is 17.7 Å². The number of nitrogens with zero attached hydrogens (tertiary/aromatic N) is 4. The number of aromatic nitrogens is 2. The largest absolute Gasteiger partial charge is 0.385 e. The molecule has 1 aliphatic rings. The van der Waals surface area contributed by atoms with E-state index in [-0.39, 0.29) is 5.56 Å². The fourth-order valence-electron chi connectivity index (χ4n) is 3.45. The molecule has 0 saturated heterocycles. The van der Waals surface area contributed by atoms with Crippen LogP contribution in [0.25, 0.3) is 0 Å². The van der Waals surface area contributed by atoms with E-state index < -0.39 is 0 Å².